The highest BCUT2D eigenvalue weighted by Gasteiger charge is 2.01. The summed E-state index contributed by atoms with van der Waals surface area (Å²) in [6.45, 7) is 0. The average molecular weight is 413 g/mol. The first-order valence-electron chi connectivity index (χ1n) is 6.20. The van der Waals surface area contributed by atoms with Crippen molar-refractivity contribution in [3.63, 3.8) is 0 Å². The topological polar surface area (TPSA) is 42.2 Å². The molecule has 0 radical (unpaired) electrons. The van der Waals surface area contributed by atoms with Gasteiger partial charge in [0, 0.05) is 29.9 Å². The van der Waals surface area contributed by atoms with Crippen LogP contribution in [0, 0.1) is 0 Å². The van der Waals surface area contributed by atoms with Crippen molar-refractivity contribution in [3.05, 3.63) is 65.4 Å². The number of rotatable bonds is 2. The second kappa shape index (κ2) is 6.91. The molecule has 0 spiro atoms. The summed E-state index contributed by atoms with van der Waals surface area (Å²) in [5, 5.41) is 6.06. The molecule has 4 nitrogen and oxygen atoms in total. The molecular formula is C15H14ClIN4. The van der Waals surface area contributed by atoms with Crippen molar-refractivity contribution in [3.8, 4) is 0 Å². The van der Waals surface area contributed by atoms with Gasteiger partial charge in [-0.3, -0.25) is 10.4 Å². The van der Waals surface area contributed by atoms with Crippen molar-refractivity contribution in [1.82, 2.24) is 9.55 Å². The maximum absolute atomic E-state index is 5.98. The third-order valence-corrected chi connectivity index (χ3v) is 3.26. The van der Waals surface area contributed by atoms with Crippen LogP contribution in [0.4, 0.5) is 5.69 Å². The predicted molar refractivity (Wildman–Crippen MR) is 96.8 cm³/mol. The second-order valence-corrected chi connectivity index (χ2v) is 4.85. The van der Waals surface area contributed by atoms with Crippen LogP contribution in [0.5, 0.6) is 0 Å². The zero-order valence-electron chi connectivity index (χ0n) is 11.3. The maximum Gasteiger partial charge on any atom is 0.152 e. The van der Waals surface area contributed by atoms with Crippen molar-refractivity contribution < 1.29 is 0 Å². The first-order chi connectivity index (χ1) is 9.74. The largest absolute Gasteiger partial charge is 0.335 e. The third kappa shape index (κ3) is 3.54. The fourth-order valence-corrected chi connectivity index (χ4v) is 2.13. The Balaban J connectivity index is 0.00000161. The van der Waals surface area contributed by atoms with E-state index in [4.69, 9.17) is 11.6 Å². The van der Waals surface area contributed by atoms with E-state index >= 15 is 0 Å². The zero-order chi connectivity index (χ0) is 13.9. The molecule has 108 valence electrons. The Labute approximate surface area is 144 Å². The molecule has 0 aliphatic rings. The molecule has 2 aromatic heterocycles. The average Bonchev–Trinajstić information content (AvgIpc) is 2.46. The van der Waals surface area contributed by atoms with Gasteiger partial charge in [-0.05, 0) is 36.4 Å². The number of hydrogen-bond acceptors (Lipinski definition) is 3. The van der Waals surface area contributed by atoms with E-state index in [1.165, 1.54) is 0 Å². The van der Waals surface area contributed by atoms with Crippen LogP contribution in [0.2, 0.25) is 5.02 Å². The Hall–Kier alpha value is -1.60. The van der Waals surface area contributed by atoms with Crippen LogP contribution in [0.15, 0.2) is 60.0 Å². The third-order valence-electron chi connectivity index (χ3n) is 3.02. The number of aromatic nitrogens is 2. The first-order valence-corrected chi connectivity index (χ1v) is 6.57. The van der Waals surface area contributed by atoms with Crippen LogP contribution >= 0.6 is 35.6 Å². The number of hydrogen-bond donors (Lipinski definition) is 1. The van der Waals surface area contributed by atoms with Gasteiger partial charge in [0.05, 0.1) is 11.2 Å². The SMILES string of the molecule is Cn1ccccc1=NNc1ccnc2cc(Cl)ccc12.I. The van der Waals surface area contributed by atoms with Gasteiger partial charge in [0.1, 0.15) is 0 Å². The van der Waals surface area contributed by atoms with Crippen molar-refractivity contribution in [2.75, 3.05) is 5.43 Å². The van der Waals surface area contributed by atoms with E-state index in [1.807, 2.05) is 60.3 Å². The van der Waals surface area contributed by atoms with E-state index in [0.717, 1.165) is 22.1 Å². The van der Waals surface area contributed by atoms with Crippen LogP contribution in [-0.4, -0.2) is 9.55 Å². The molecule has 0 atom stereocenters. The number of nitrogens with zero attached hydrogens (tertiary/aromatic N) is 3. The Morgan fingerprint density at radius 3 is 2.86 bits per heavy atom. The van der Waals surface area contributed by atoms with Crippen LogP contribution < -0.4 is 10.9 Å². The van der Waals surface area contributed by atoms with Crippen molar-refractivity contribution >= 4 is 52.2 Å². The number of benzene rings is 1. The lowest BCUT2D eigenvalue weighted by Gasteiger charge is -2.06. The van der Waals surface area contributed by atoms with Crippen LogP contribution in [-0.2, 0) is 7.05 Å². The summed E-state index contributed by atoms with van der Waals surface area (Å²) >= 11 is 5.98. The number of nitrogens with one attached hydrogen (secondary N) is 1. The summed E-state index contributed by atoms with van der Waals surface area (Å²) < 4.78 is 1.94. The van der Waals surface area contributed by atoms with Crippen molar-refractivity contribution in [2.24, 2.45) is 12.1 Å². The molecule has 21 heavy (non-hydrogen) atoms. The predicted octanol–water partition coefficient (Wildman–Crippen LogP) is 3.77. The summed E-state index contributed by atoms with van der Waals surface area (Å²) in [7, 11) is 1.95. The van der Waals surface area contributed by atoms with E-state index < -0.39 is 0 Å². The summed E-state index contributed by atoms with van der Waals surface area (Å²) in [5.41, 5.74) is 5.67. The van der Waals surface area contributed by atoms with Gasteiger partial charge in [0.2, 0.25) is 0 Å². The molecule has 0 bridgehead atoms. The standard InChI is InChI=1S/C15H13ClN4.HI/c1-20-9-3-2-4-15(20)19-18-13-7-8-17-14-10-11(16)5-6-12(13)14;/h2-10H,1H3,(H,17,18);1H. The molecule has 2 heterocycles. The minimum atomic E-state index is 0. The zero-order valence-corrected chi connectivity index (χ0v) is 14.4. The fraction of sp³-hybridized carbons (Fsp3) is 0.0667. The summed E-state index contributed by atoms with van der Waals surface area (Å²) in [6, 6.07) is 13.4. The molecular weight excluding hydrogens is 399 g/mol. The van der Waals surface area contributed by atoms with Gasteiger partial charge in [-0.25, -0.2) is 0 Å². The highest BCUT2D eigenvalue weighted by molar-refractivity contribution is 14.0. The Bertz CT molecular complexity index is 829. The lowest BCUT2D eigenvalue weighted by atomic mass is 10.2. The van der Waals surface area contributed by atoms with Gasteiger partial charge >= 0.3 is 0 Å². The molecule has 0 aliphatic heterocycles. The molecule has 1 aromatic carbocycles. The van der Waals surface area contributed by atoms with Gasteiger partial charge in [0.15, 0.2) is 5.49 Å². The van der Waals surface area contributed by atoms with Gasteiger partial charge in [-0.15, -0.1) is 24.0 Å². The molecule has 0 unspecified atom stereocenters. The maximum atomic E-state index is 5.98. The molecule has 6 heteroatoms. The highest BCUT2D eigenvalue weighted by atomic mass is 127. The molecule has 0 saturated heterocycles. The molecule has 0 saturated carbocycles. The van der Waals surface area contributed by atoms with Crippen LogP contribution in [0.25, 0.3) is 10.9 Å². The Morgan fingerprint density at radius 2 is 2.05 bits per heavy atom. The summed E-state index contributed by atoms with van der Waals surface area (Å²) in [5.74, 6) is 0. The first kappa shape index (κ1) is 15.8. The molecule has 0 amide bonds. The van der Waals surface area contributed by atoms with E-state index in [9.17, 15) is 0 Å². The van der Waals surface area contributed by atoms with Gasteiger partial charge in [0.25, 0.3) is 0 Å². The molecule has 0 aliphatic carbocycles. The monoisotopic (exact) mass is 412 g/mol. The van der Waals surface area contributed by atoms with Crippen molar-refractivity contribution in [2.45, 2.75) is 0 Å². The van der Waals surface area contributed by atoms with Crippen LogP contribution in [0.1, 0.15) is 0 Å². The number of pyridine rings is 2. The fourth-order valence-electron chi connectivity index (χ4n) is 1.97. The normalized spacial score (nSPS) is 11.2. The van der Waals surface area contributed by atoms with E-state index in [-0.39, 0.29) is 24.0 Å². The molecule has 1 N–H and O–H groups in total. The summed E-state index contributed by atoms with van der Waals surface area (Å²) in [4.78, 5) is 4.30. The van der Waals surface area contributed by atoms with Crippen molar-refractivity contribution in [1.29, 1.82) is 0 Å². The lowest BCUT2D eigenvalue weighted by molar-refractivity contribution is 0.825. The highest BCUT2D eigenvalue weighted by Crippen LogP contribution is 2.24. The van der Waals surface area contributed by atoms with Gasteiger partial charge in [-0.2, -0.15) is 5.10 Å². The Kier molecular flexibility index (Phi) is 5.19. The lowest BCUT2D eigenvalue weighted by Crippen LogP contribution is -2.17. The molecule has 3 rings (SSSR count). The van der Waals surface area contributed by atoms with Gasteiger partial charge < -0.3 is 4.57 Å². The number of fused-ring (bicyclic) bond motifs is 1. The summed E-state index contributed by atoms with van der Waals surface area (Å²) in [6.07, 6.45) is 3.69. The quantitative estimate of drug-likeness (QED) is 0.514. The minimum absolute atomic E-state index is 0. The van der Waals surface area contributed by atoms with Crippen LogP contribution in [0.3, 0.4) is 0 Å². The minimum Gasteiger partial charge on any atom is -0.335 e. The van der Waals surface area contributed by atoms with E-state index in [1.54, 1.807) is 6.20 Å². The smallest absolute Gasteiger partial charge is 0.152 e. The molecule has 3 aromatic rings. The van der Waals surface area contributed by atoms with E-state index in [0.29, 0.717) is 5.02 Å². The molecule has 0 fully saturated rings. The van der Waals surface area contributed by atoms with Gasteiger partial charge in [-0.1, -0.05) is 17.7 Å². The number of aryl methyl sites for hydroxylation is 1. The number of halogens is 2. The number of anilines is 1. The second-order valence-electron chi connectivity index (χ2n) is 4.41. The van der Waals surface area contributed by atoms with E-state index in [2.05, 4.69) is 15.5 Å². The Morgan fingerprint density at radius 1 is 1.19 bits per heavy atom.